The lowest BCUT2D eigenvalue weighted by atomic mass is 10.2. The van der Waals surface area contributed by atoms with Gasteiger partial charge in [0.1, 0.15) is 6.04 Å². The third-order valence-corrected chi connectivity index (χ3v) is 3.79. The van der Waals surface area contributed by atoms with Crippen LogP contribution in [-0.2, 0) is 4.79 Å². The molecule has 1 heterocycles. The number of carbonyl (C=O) groups is 2. The SMILES string of the molecule is O=C(NC(CCO)C(=O)O)c1cc2ccccc2s1. The van der Waals surface area contributed by atoms with Gasteiger partial charge < -0.3 is 15.5 Å². The quantitative estimate of drug-likeness (QED) is 0.773. The average Bonchev–Trinajstić information content (AvgIpc) is 2.81. The highest BCUT2D eigenvalue weighted by molar-refractivity contribution is 7.20. The summed E-state index contributed by atoms with van der Waals surface area (Å²) in [4.78, 5) is 23.3. The van der Waals surface area contributed by atoms with Gasteiger partial charge in [-0.05, 0) is 17.5 Å². The zero-order valence-electron chi connectivity index (χ0n) is 10.00. The van der Waals surface area contributed by atoms with Gasteiger partial charge in [0.2, 0.25) is 0 Å². The van der Waals surface area contributed by atoms with Crippen LogP contribution in [0.3, 0.4) is 0 Å². The maximum Gasteiger partial charge on any atom is 0.326 e. The average molecular weight is 279 g/mol. The Kier molecular flexibility index (Phi) is 4.13. The number of carbonyl (C=O) groups excluding carboxylic acids is 1. The number of rotatable bonds is 5. The van der Waals surface area contributed by atoms with Crippen molar-refractivity contribution in [3.05, 3.63) is 35.2 Å². The molecule has 0 radical (unpaired) electrons. The van der Waals surface area contributed by atoms with Crippen molar-refractivity contribution in [2.24, 2.45) is 0 Å². The number of aliphatic hydroxyl groups is 1. The van der Waals surface area contributed by atoms with E-state index < -0.39 is 17.9 Å². The molecule has 5 nitrogen and oxygen atoms in total. The van der Waals surface area contributed by atoms with Gasteiger partial charge in [-0.3, -0.25) is 4.79 Å². The van der Waals surface area contributed by atoms with Gasteiger partial charge in [0.15, 0.2) is 0 Å². The molecule has 1 atom stereocenters. The molecule has 0 saturated carbocycles. The van der Waals surface area contributed by atoms with Gasteiger partial charge in [0, 0.05) is 17.7 Å². The first-order chi connectivity index (χ1) is 9.11. The molecule has 3 N–H and O–H groups in total. The number of fused-ring (bicyclic) bond motifs is 1. The number of amides is 1. The Balaban J connectivity index is 2.16. The number of aliphatic carboxylic acids is 1. The first-order valence-electron chi connectivity index (χ1n) is 5.75. The second-order valence-electron chi connectivity index (χ2n) is 4.03. The molecular formula is C13H13NO4S. The highest BCUT2D eigenvalue weighted by Gasteiger charge is 2.21. The normalized spacial score (nSPS) is 12.3. The number of nitrogens with one attached hydrogen (secondary N) is 1. The lowest BCUT2D eigenvalue weighted by Crippen LogP contribution is -2.41. The summed E-state index contributed by atoms with van der Waals surface area (Å²) in [6, 6.07) is 8.22. The van der Waals surface area contributed by atoms with Crippen molar-refractivity contribution in [2.75, 3.05) is 6.61 Å². The van der Waals surface area contributed by atoms with Crippen LogP contribution < -0.4 is 5.32 Å². The molecule has 0 spiro atoms. The number of carboxylic acid groups (broad SMARTS) is 1. The Morgan fingerprint density at radius 1 is 1.32 bits per heavy atom. The molecule has 19 heavy (non-hydrogen) atoms. The highest BCUT2D eigenvalue weighted by atomic mass is 32.1. The Morgan fingerprint density at radius 2 is 2.05 bits per heavy atom. The van der Waals surface area contributed by atoms with Crippen LogP contribution in [0, 0.1) is 0 Å². The molecule has 1 aromatic carbocycles. The van der Waals surface area contributed by atoms with E-state index in [0.29, 0.717) is 4.88 Å². The van der Waals surface area contributed by atoms with Gasteiger partial charge in [-0.25, -0.2) is 4.79 Å². The Hall–Kier alpha value is -1.92. The largest absolute Gasteiger partial charge is 0.480 e. The van der Waals surface area contributed by atoms with Crippen LogP contribution in [0.5, 0.6) is 0 Å². The van der Waals surface area contributed by atoms with Crippen molar-refractivity contribution >= 4 is 33.3 Å². The summed E-state index contributed by atoms with van der Waals surface area (Å²) in [5.41, 5.74) is 0. The van der Waals surface area contributed by atoms with E-state index in [0.717, 1.165) is 10.1 Å². The van der Waals surface area contributed by atoms with Crippen LogP contribution in [0.1, 0.15) is 16.1 Å². The molecule has 6 heteroatoms. The van der Waals surface area contributed by atoms with Crippen LogP contribution in [0.4, 0.5) is 0 Å². The molecule has 1 aromatic heterocycles. The number of thiophene rings is 1. The highest BCUT2D eigenvalue weighted by Crippen LogP contribution is 2.25. The van der Waals surface area contributed by atoms with Crippen molar-refractivity contribution < 1.29 is 19.8 Å². The van der Waals surface area contributed by atoms with E-state index in [2.05, 4.69) is 5.32 Å². The fourth-order valence-corrected chi connectivity index (χ4v) is 2.68. The Morgan fingerprint density at radius 3 is 2.68 bits per heavy atom. The van der Waals surface area contributed by atoms with Gasteiger partial charge >= 0.3 is 5.97 Å². The number of benzene rings is 1. The second-order valence-corrected chi connectivity index (χ2v) is 5.11. The Labute approximate surface area is 113 Å². The molecule has 0 bridgehead atoms. The predicted octanol–water partition coefficient (Wildman–Crippen LogP) is 1.47. The summed E-state index contributed by atoms with van der Waals surface area (Å²) in [6.45, 7) is -0.288. The summed E-state index contributed by atoms with van der Waals surface area (Å²) >= 11 is 1.31. The van der Waals surface area contributed by atoms with E-state index in [9.17, 15) is 9.59 Å². The molecule has 0 aliphatic heterocycles. The monoisotopic (exact) mass is 279 g/mol. The summed E-state index contributed by atoms with van der Waals surface area (Å²) in [7, 11) is 0. The van der Waals surface area contributed by atoms with E-state index in [1.807, 2.05) is 24.3 Å². The summed E-state index contributed by atoms with van der Waals surface area (Å²) in [5.74, 6) is -1.58. The van der Waals surface area contributed by atoms with Gasteiger partial charge in [0.05, 0.1) is 4.88 Å². The maximum absolute atomic E-state index is 12.0. The lowest BCUT2D eigenvalue weighted by Gasteiger charge is -2.11. The smallest absolute Gasteiger partial charge is 0.326 e. The van der Waals surface area contributed by atoms with Crippen LogP contribution in [0.2, 0.25) is 0 Å². The Bertz CT molecular complexity index is 574. The predicted molar refractivity (Wildman–Crippen MR) is 72.4 cm³/mol. The standard InChI is InChI=1S/C13H13NO4S/c15-6-5-9(13(17)18)14-12(16)11-7-8-3-1-2-4-10(8)19-11/h1-4,7,9,15H,5-6H2,(H,14,16)(H,17,18). The lowest BCUT2D eigenvalue weighted by molar-refractivity contribution is -0.139. The first kappa shape index (κ1) is 13.5. The van der Waals surface area contributed by atoms with Gasteiger partial charge in [0.25, 0.3) is 5.91 Å². The van der Waals surface area contributed by atoms with Crippen molar-refractivity contribution in [2.45, 2.75) is 12.5 Å². The van der Waals surface area contributed by atoms with Gasteiger partial charge in [-0.2, -0.15) is 0 Å². The van der Waals surface area contributed by atoms with Crippen molar-refractivity contribution in [1.82, 2.24) is 5.32 Å². The van der Waals surface area contributed by atoms with Crippen molar-refractivity contribution in [3.63, 3.8) is 0 Å². The molecule has 1 unspecified atom stereocenters. The number of hydrogen-bond acceptors (Lipinski definition) is 4. The fourth-order valence-electron chi connectivity index (χ4n) is 1.71. The van der Waals surface area contributed by atoms with Gasteiger partial charge in [-0.15, -0.1) is 11.3 Å². The zero-order chi connectivity index (χ0) is 13.8. The molecule has 2 aromatic rings. The van der Waals surface area contributed by atoms with Gasteiger partial charge in [-0.1, -0.05) is 18.2 Å². The van der Waals surface area contributed by atoms with Crippen LogP contribution in [-0.4, -0.2) is 34.7 Å². The molecule has 0 aliphatic carbocycles. The van der Waals surface area contributed by atoms with E-state index in [4.69, 9.17) is 10.2 Å². The summed E-state index contributed by atoms with van der Waals surface area (Å²) in [6.07, 6.45) is -0.00797. The third kappa shape index (κ3) is 3.10. The molecule has 1 amide bonds. The number of carboxylic acids is 1. The minimum atomic E-state index is -1.15. The number of hydrogen-bond donors (Lipinski definition) is 3. The molecule has 100 valence electrons. The molecule has 2 rings (SSSR count). The summed E-state index contributed by atoms with van der Waals surface area (Å²) in [5, 5.41) is 21.0. The van der Waals surface area contributed by atoms with E-state index in [1.165, 1.54) is 11.3 Å². The zero-order valence-corrected chi connectivity index (χ0v) is 10.8. The minimum absolute atomic E-state index is 0.00797. The maximum atomic E-state index is 12.0. The molecular weight excluding hydrogens is 266 g/mol. The van der Waals surface area contributed by atoms with Crippen LogP contribution >= 0.6 is 11.3 Å². The van der Waals surface area contributed by atoms with E-state index >= 15 is 0 Å². The molecule has 0 fully saturated rings. The molecule has 0 saturated heterocycles. The topological polar surface area (TPSA) is 86.6 Å². The van der Waals surface area contributed by atoms with Crippen LogP contribution in [0.25, 0.3) is 10.1 Å². The third-order valence-electron chi connectivity index (χ3n) is 2.67. The van der Waals surface area contributed by atoms with E-state index in [1.54, 1.807) is 6.07 Å². The fraction of sp³-hybridized carbons (Fsp3) is 0.231. The van der Waals surface area contributed by atoms with E-state index in [-0.39, 0.29) is 13.0 Å². The second kappa shape index (κ2) is 5.81. The summed E-state index contributed by atoms with van der Waals surface area (Å²) < 4.78 is 0.974. The van der Waals surface area contributed by atoms with Crippen molar-refractivity contribution in [3.8, 4) is 0 Å². The van der Waals surface area contributed by atoms with Crippen molar-refractivity contribution in [1.29, 1.82) is 0 Å². The number of aliphatic hydroxyl groups excluding tert-OH is 1. The van der Waals surface area contributed by atoms with Crippen LogP contribution in [0.15, 0.2) is 30.3 Å². The first-order valence-corrected chi connectivity index (χ1v) is 6.56. The minimum Gasteiger partial charge on any atom is -0.480 e. The molecule has 0 aliphatic rings.